The van der Waals surface area contributed by atoms with Gasteiger partial charge in [0, 0.05) is 24.1 Å². The highest BCUT2D eigenvalue weighted by Gasteiger charge is 2.08. The van der Waals surface area contributed by atoms with Crippen LogP contribution in [0.15, 0.2) is 18.2 Å². The van der Waals surface area contributed by atoms with Crippen LogP contribution in [0.1, 0.15) is 6.42 Å². The maximum Gasteiger partial charge on any atom is 0.325 e. The maximum atomic E-state index is 11.4. The van der Waals surface area contributed by atoms with Crippen molar-refractivity contribution in [1.82, 2.24) is 5.32 Å². The van der Waals surface area contributed by atoms with Gasteiger partial charge < -0.3 is 10.1 Å². The topological polar surface area (TPSA) is 67.4 Å². The highest BCUT2D eigenvalue weighted by atomic mass is 35.5. The first-order chi connectivity index (χ1) is 8.56. The minimum Gasteiger partial charge on any atom is -0.495 e. The summed E-state index contributed by atoms with van der Waals surface area (Å²) >= 11 is 11.2. The predicted molar refractivity (Wildman–Crippen MR) is 70.5 cm³/mol. The molecule has 1 rings (SSSR count). The van der Waals surface area contributed by atoms with E-state index in [1.54, 1.807) is 18.2 Å². The number of methoxy groups -OCH3 is 1. The van der Waals surface area contributed by atoms with E-state index in [9.17, 15) is 9.59 Å². The van der Waals surface area contributed by atoms with Crippen molar-refractivity contribution >= 4 is 40.8 Å². The van der Waals surface area contributed by atoms with E-state index in [2.05, 4.69) is 10.6 Å². The normalized spacial score (nSPS) is 9.72. The second-order valence-corrected chi connectivity index (χ2v) is 4.08. The second kappa shape index (κ2) is 7.08. The molecule has 0 heterocycles. The fraction of sp³-hybridized carbons (Fsp3) is 0.273. The number of hydrogen-bond acceptors (Lipinski definition) is 3. The Morgan fingerprint density at radius 2 is 2.11 bits per heavy atom. The number of benzene rings is 1. The van der Waals surface area contributed by atoms with Gasteiger partial charge in [0.25, 0.3) is 0 Å². The van der Waals surface area contributed by atoms with Gasteiger partial charge in [-0.2, -0.15) is 0 Å². The van der Waals surface area contributed by atoms with Crippen molar-refractivity contribution in [2.45, 2.75) is 6.42 Å². The SMILES string of the molecule is COc1cc(NC(=O)NC(=O)CCCl)ccc1Cl. The van der Waals surface area contributed by atoms with Gasteiger partial charge in [-0.05, 0) is 12.1 Å². The molecule has 0 atom stereocenters. The van der Waals surface area contributed by atoms with E-state index in [0.717, 1.165) is 0 Å². The van der Waals surface area contributed by atoms with Gasteiger partial charge in [0.05, 0.1) is 12.1 Å². The van der Waals surface area contributed by atoms with Crippen LogP contribution < -0.4 is 15.4 Å². The van der Waals surface area contributed by atoms with Crippen LogP contribution in [0, 0.1) is 0 Å². The first kappa shape index (κ1) is 14.6. The summed E-state index contributed by atoms with van der Waals surface area (Å²) in [5, 5.41) is 5.05. The molecule has 0 aliphatic rings. The molecule has 0 saturated heterocycles. The number of amides is 3. The lowest BCUT2D eigenvalue weighted by Gasteiger charge is -2.08. The summed E-state index contributed by atoms with van der Waals surface area (Å²) in [6.45, 7) is 0. The zero-order chi connectivity index (χ0) is 13.5. The Labute approximate surface area is 114 Å². The standard InChI is InChI=1S/C11H12Cl2N2O3/c1-18-9-6-7(2-3-8(9)13)14-11(17)15-10(16)4-5-12/h2-3,6H,4-5H2,1H3,(H2,14,15,16,17). The summed E-state index contributed by atoms with van der Waals surface area (Å²) in [5.74, 6) is 0.151. The molecule has 0 spiro atoms. The second-order valence-electron chi connectivity index (χ2n) is 3.29. The number of urea groups is 1. The number of rotatable bonds is 4. The van der Waals surface area contributed by atoms with E-state index in [4.69, 9.17) is 27.9 Å². The van der Waals surface area contributed by atoms with Crippen molar-refractivity contribution < 1.29 is 14.3 Å². The molecule has 0 aromatic heterocycles. The van der Waals surface area contributed by atoms with Crippen molar-refractivity contribution in [2.75, 3.05) is 18.3 Å². The highest BCUT2D eigenvalue weighted by molar-refractivity contribution is 6.32. The summed E-state index contributed by atoms with van der Waals surface area (Å²) in [5.41, 5.74) is 0.465. The Hall–Kier alpha value is -1.46. The summed E-state index contributed by atoms with van der Waals surface area (Å²) in [4.78, 5) is 22.5. The van der Waals surface area contributed by atoms with Crippen LogP contribution in [-0.2, 0) is 4.79 Å². The monoisotopic (exact) mass is 290 g/mol. The third-order valence-corrected chi connectivity index (χ3v) is 2.48. The zero-order valence-electron chi connectivity index (χ0n) is 9.63. The molecule has 0 fully saturated rings. The lowest BCUT2D eigenvalue weighted by Crippen LogP contribution is -2.34. The fourth-order valence-corrected chi connectivity index (χ4v) is 1.54. The molecular weight excluding hydrogens is 279 g/mol. The van der Waals surface area contributed by atoms with Crippen LogP contribution in [0.3, 0.4) is 0 Å². The van der Waals surface area contributed by atoms with Gasteiger partial charge in [0.15, 0.2) is 0 Å². The molecule has 2 N–H and O–H groups in total. The molecule has 0 radical (unpaired) electrons. The van der Waals surface area contributed by atoms with E-state index in [1.807, 2.05) is 0 Å². The highest BCUT2D eigenvalue weighted by Crippen LogP contribution is 2.27. The summed E-state index contributed by atoms with van der Waals surface area (Å²) in [6.07, 6.45) is 0.0823. The summed E-state index contributed by atoms with van der Waals surface area (Å²) < 4.78 is 5.00. The molecule has 0 unspecified atom stereocenters. The molecule has 1 aromatic rings. The Kier molecular flexibility index (Phi) is 5.74. The van der Waals surface area contributed by atoms with E-state index < -0.39 is 11.9 Å². The van der Waals surface area contributed by atoms with Crippen LogP contribution in [0.2, 0.25) is 5.02 Å². The number of anilines is 1. The molecule has 1 aromatic carbocycles. The van der Waals surface area contributed by atoms with Crippen molar-refractivity contribution in [2.24, 2.45) is 0 Å². The Morgan fingerprint density at radius 1 is 1.39 bits per heavy atom. The quantitative estimate of drug-likeness (QED) is 0.838. The minimum atomic E-state index is -0.630. The van der Waals surface area contributed by atoms with Crippen LogP contribution in [0.4, 0.5) is 10.5 Å². The molecule has 98 valence electrons. The van der Waals surface area contributed by atoms with Gasteiger partial charge in [0.1, 0.15) is 5.75 Å². The molecule has 0 aliphatic heterocycles. The number of halogens is 2. The first-order valence-corrected chi connectivity index (χ1v) is 5.98. The van der Waals surface area contributed by atoms with Gasteiger partial charge in [0.2, 0.25) is 5.91 Å². The third kappa shape index (κ3) is 4.43. The fourth-order valence-electron chi connectivity index (χ4n) is 1.17. The molecule has 0 aliphatic carbocycles. The lowest BCUT2D eigenvalue weighted by atomic mass is 10.3. The van der Waals surface area contributed by atoms with Crippen molar-refractivity contribution in [3.05, 3.63) is 23.2 Å². The molecule has 0 bridgehead atoms. The van der Waals surface area contributed by atoms with E-state index in [1.165, 1.54) is 7.11 Å². The lowest BCUT2D eigenvalue weighted by molar-refractivity contribution is -0.119. The van der Waals surface area contributed by atoms with Crippen LogP contribution >= 0.6 is 23.2 Å². The number of imide groups is 1. The average molecular weight is 291 g/mol. The van der Waals surface area contributed by atoms with Crippen molar-refractivity contribution in [3.8, 4) is 5.75 Å². The van der Waals surface area contributed by atoms with Gasteiger partial charge in [-0.1, -0.05) is 11.6 Å². The largest absolute Gasteiger partial charge is 0.495 e. The Morgan fingerprint density at radius 3 is 2.72 bits per heavy atom. The molecule has 18 heavy (non-hydrogen) atoms. The maximum absolute atomic E-state index is 11.4. The van der Waals surface area contributed by atoms with Crippen LogP contribution in [-0.4, -0.2) is 24.9 Å². The molecule has 7 heteroatoms. The number of nitrogens with one attached hydrogen (secondary N) is 2. The number of alkyl halides is 1. The van der Waals surface area contributed by atoms with Crippen molar-refractivity contribution in [3.63, 3.8) is 0 Å². The van der Waals surface area contributed by atoms with Crippen molar-refractivity contribution in [1.29, 1.82) is 0 Å². The van der Waals surface area contributed by atoms with Crippen LogP contribution in [0.5, 0.6) is 5.75 Å². The first-order valence-electron chi connectivity index (χ1n) is 5.07. The van der Waals surface area contributed by atoms with E-state index in [0.29, 0.717) is 16.5 Å². The van der Waals surface area contributed by atoms with Gasteiger partial charge >= 0.3 is 6.03 Å². The predicted octanol–water partition coefficient (Wildman–Crippen LogP) is 2.63. The molecular formula is C11H12Cl2N2O3. The summed E-state index contributed by atoms with van der Waals surface area (Å²) in [6, 6.07) is 4.09. The van der Waals surface area contributed by atoms with Crippen LogP contribution in [0.25, 0.3) is 0 Å². The van der Waals surface area contributed by atoms with Gasteiger partial charge in [-0.15, -0.1) is 11.6 Å². The van der Waals surface area contributed by atoms with E-state index >= 15 is 0 Å². The summed E-state index contributed by atoms with van der Waals surface area (Å²) in [7, 11) is 1.47. The van der Waals surface area contributed by atoms with Gasteiger partial charge in [-0.25, -0.2) is 4.79 Å². The molecule has 5 nitrogen and oxygen atoms in total. The average Bonchev–Trinajstić information content (AvgIpc) is 2.31. The molecule has 0 saturated carbocycles. The number of hydrogen-bond donors (Lipinski definition) is 2. The molecule has 3 amide bonds. The Balaban J connectivity index is 2.62. The smallest absolute Gasteiger partial charge is 0.325 e. The number of carbonyl (C=O) groups is 2. The third-order valence-electron chi connectivity index (χ3n) is 1.98. The number of ether oxygens (including phenoxy) is 1. The number of carbonyl (C=O) groups excluding carboxylic acids is 2. The minimum absolute atomic E-state index is 0.0823. The van der Waals surface area contributed by atoms with Gasteiger partial charge in [-0.3, -0.25) is 10.1 Å². The Bertz CT molecular complexity index is 452. The van der Waals surface area contributed by atoms with E-state index in [-0.39, 0.29) is 12.3 Å². The zero-order valence-corrected chi connectivity index (χ0v) is 11.1.